The van der Waals surface area contributed by atoms with Crippen LogP contribution in [-0.2, 0) is 14.8 Å². The Labute approximate surface area is 129 Å². The Morgan fingerprint density at radius 3 is 2.52 bits per heavy atom. The number of nitrogens with zero attached hydrogens (tertiary/aromatic N) is 1. The summed E-state index contributed by atoms with van der Waals surface area (Å²) in [6.45, 7) is 3.65. The van der Waals surface area contributed by atoms with E-state index in [4.69, 9.17) is 9.88 Å². The highest BCUT2D eigenvalue weighted by Gasteiger charge is 2.56. The van der Waals surface area contributed by atoms with E-state index in [2.05, 4.69) is 18.9 Å². The lowest BCUT2D eigenvalue weighted by Gasteiger charge is -2.60. The molecule has 0 aromatic rings. The highest BCUT2D eigenvalue weighted by atomic mass is 32.2. The molecular weight excluding hydrogens is 288 g/mol. The lowest BCUT2D eigenvalue weighted by Crippen LogP contribution is -2.64. The molecule has 0 bridgehead atoms. The molecule has 2 saturated carbocycles. The van der Waals surface area contributed by atoms with E-state index < -0.39 is 10.0 Å². The molecule has 0 aromatic carbocycles. The van der Waals surface area contributed by atoms with Crippen LogP contribution in [0, 0.1) is 5.41 Å². The quantitative estimate of drug-likeness (QED) is 0.776. The fraction of sp³-hybridized carbons (Fsp3) is 1.00. The third-order valence-electron chi connectivity index (χ3n) is 5.37. The summed E-state index contributed by atoms with van der Waals surface area (Å²) in [5.74, 6) is 0.0753. The number of ether oxygens (including phenoxy) is 1. The molecule has 2 N–H and O–H groups in total. The van der Waals surface area contributed by atoms with Gasteiger partial charge in [0.1, 0.15) is 0 Å². The van der Waals surface area contributed by atoms with Gasteiger partial charge in [-0.25, -0.2) is 13.6 Å². The Morgan fingerprint density at radius 2 is 1.95 bits per heavy atom. The zero-order valence-electron chi connectivity index (χ0n) is 13.4. The van der Waals surface area contributed by atoms with Crippen LogP contribution in [0.15, 0.2) is 0 Å². The Kier molecular flexibility index (Phi) is 5.68. The Morgan fingerprint density at radius 1 is 1.29 bits per heavy atom. The molecule has 0 aliphatic heterocycles. The van der Waals surface area contributed by atoms with Crippen LogP contribution in [0.25, 0.3) is 0 Å². The van der Waals surface area contributed by atoms with Gasteiger partial charge in [0.15, 0.2) is 0 Å². The van der Waals surface area contributed by atoms with Crippen LogP contribution >= 0.6 is 0 Å². The molecule has 1 spiro atoms. The molecule has 124 valence electrons. The normalized spacial score (nSPS) is 28.8. The van der Waals surface area contributed by atoms with Crippen molar-refractivity contribution >= 4 is 10.0 Å². The lowest BCUT2D eigenvalue weighted by atomic mass is 9.54. The maximum atomic E-state index is 11.0. The summed E-state index contributed by atoms with van der Waals surface area (Å²) in [5.41, 5.74) is 0.310. The van der Waals surface area contributed by atoms with Crippen molar-refractivity contribution in [1.82, 2.24) is 4.90 Å². The van der Waals surface area contributed by atoms with E-state index >= 15 is 0 Å². The number of rotatable bonds is 7. The molecule has 2 fully saturated rings. The number of primary sulfonamides is 1. The molecule has 6 heteroatoms. The van der Waals surface area contributed by atoms with Gasteiger partial charge in [-0.15, -0.1) is 0 Å². The average Bonchev–Trinajstić information content (AvgIpc) is 2.42. The van der Waals surface area contributed by atoms with Crippen LogP contribution in [0.5, 0.6) is 0 Å². The summed E-state index contributed by atoms with van der Waals surface area (Å²) in [7, 11) is -1.22. The summed E-state index contributed by atoms with van der Waals surface area (Å²) < 4.78 is 28.0. The fourth-order valence-corrected chi connectivity index (χ4v) is 4.85. The smallest absolute Gasteiger partial charge is 0.209 e. The molecule has 0 amide bonds. The number of hydrogen-bond acceptors (Lipinski definition) is 4. The van der Waals surface area contributed by atoms with Crippen LogP contribution in [0.4, 0.5) is 0 Å². The third kappa shape index (κ3) is 3.97. The monoisotopic (exact) mass is 318 g/mol. The van der Waals surface area contributed by atoms with Crippen LogP contribution in [0.1, 0.15) is 51.9 Å². The predicted molar refractivity (Wildman–Crippen MR) is 84.6 cm³/mol. The van der Waals surface area contributed by atoms with Crippen LogP contribution in [-0.4, -0.2) is 51.4 Å². The number of sulfonamides is 1. The predicted octanol–water partition coefficient (Wildman–Crippen LogP) is 1.72. The van der Waals surface area contributed by atoms with Gasteiger partial charge in [0.25, 0.3) is 0 Å². The van der Waals surface area contributed by atoms with Gasteiger partial charge in [0.05, 0.1) is 11.9 Å². The van der Waals surface area contributed by atoms with Crippen molar-refractivity contribution in [3.63, 3.8) is 0 Å². The van der Waals surface area contributed by atoms with E-state index in [1.54, 1.807) is 0 Å². The van der Waals surface area contributed by atoms with Crippen molar-refractivity contribution in [3.05, 3.63) is 0 Å². The number of nitrogens with two attached hydrogens (primary N) is 1. The standard InChI is InChI=1S/C15H30N2O3S/c1-3-20-14-12-13(15(14)8-5-4-6-9-15)17(2)10-7-11-21(16,18)19/h13-14H,3-12H2,1-2H3,(H2,16,18,19)/t13-,14-/m1/s1. The van der Waals surface area contributed by atoms with Crippen molar-refractivity contribution in [3.8, 4) is 0 Å². The van der Waals surface area contributed by atoms with Crippen molar-refractivity contribution in [2.45, 2.75) is 64.0 Å². The molecule has 0 aromatic heterocycles. The second-order valence-corrected chi connectivity index (χ2v) is 8.42. The molecule has 0 unspecified atom stereocenters. The van der Waals surface area contributed by atoms with Gasteiger partial charge in [0.2, 0.25) is 10.0 Å². The fourth-order valence-electron chi connectivity index (χ4n) is 4.32. The first-order valence-corrected chi connectivity index (χ1v) is 9.93. The Bertz CT molecular complexity index is 432. The zero-order chi connectivity index (χ0) is 15.5. The van der Waals surface area contributed by atoms with E-state index in [1.165, 1.54) is 32.1 Å². The summed E-state index contributed by atoms with van der Waals surface area (Å²) in [6, 6.07) is 0.537. The molecule has 0 heterocycles. The van der Waals surface area contributed by atoms with E-state index in [0.717, 1.165) is 19.6 Å². The maximum Gasteiger partial charge on any atom is 0.209 e. The van der Waals surface area contributed by atoms with Gasteiger partial charge in [-0.2, -0.15) is 0 Å². The summed E-state index contributed by atoms with van der Waals surface area (Å²) in [5, 5.41) is 5.08. The Balaban J connectivity index is 1.92. The first kappa shape index (κ1) is 17.2. The van der Waals surface area contributed by atoms with Crippen molar-refractivity contribution in [1.29, 1.82) is 0 Å². The lowest BCUT2D eigenvalue weighted by molar-refractivity contribution is -0.178. The van der Waals surface area contributed by atoms with Crippen molar-refractivity contribution in [2.24, 2.45) is 10.6 Å². The van der Waals surface area contributed by atoms with Crippen LogP contribution in [0.3, 0.4) is 0 Å². The first-order valence-electron chi connectivity index (χ1n) is 8.21. The summed E-state index contributed by atoms with van der Waals surface area (Å²) in [4.78, 5) is 2.34. The van der Waals surface area contributed by atoms with E-state index in [-0.39, 0.29) is 5.75 Å². The molecule has 5 nitrogen and oxygen atoms in total. The highest BCUT2D eigenvalue weighted by Crippen LogP contribution is 2.55. The van der Waals surface area contributed by atoms with E-state index in [0.29, 0.717) is 24.0 Å². The second kappa shape index (κ2) is 6.94. The second-order valence-electron chi connectivity index (χ2n) is 6.69. The molecule has 21 heavy (non-hydrogen) atoms. The molecule has 2 atom stereocenters. The number of hydrogen-bond donors (Lipinski definition) is 1. The molecular formula is C15H30N2O3S. The van der Waals surface area contributed by atoms with Gasteiger partial charge < -0.3 is 9.64 Å². The SMILES string of the molecule is CCO[C@@H]1C[C@@H](N(C)CCCS(N)(=O)=O)C12CCCCC2. The molecule has 0 radical (unpaired) electrons. The van der Waals surface area contributed by atoms with Gasteiger partial charge in [-0.05, 0) is 46.2 Å². The first-order chi connectivity index (χ1) is 9.89. The topological polar surface area (TPSA) is 72.6 Å². The highest BCUT2D eigenvalue weighted by molar-refractivity contribution is 7.89. The van der Waals surface area contributed by atoms with E-state index in [1.807, 2.05) is 0 Å². The molecule has 2 aliphatic carbocycles. The minimum absolute atomic E-state index is 0.0753. The third-order valence-corrected chi connectivity index (χ3v) is 6.22. The average molecular weight is 318 g/mol. The van der Waals surface area contributed by atoms with Crippen molar-refractivity contribution < 1.29 is 13.2 Å². The molecule has 2 rings (SSSR count). The van der Waals surface area contributed by atoms with Gasteiger partial charge in [-0.3, -0.25) is 0 Å². The summed E-state index contributed by atoms with van der Waals surface area (Å²) >= 11 is 0. The zero-order valence-corrected chi connectivity index (χ0v) is 14.2. The maximum absolute atomic E-state index is 11.0. The van der Waals surface area contributed by atoms with Gasteiger partial charge in [-0.1, -0.05) is 19.3 Å². The summed E-state index contributed by atoms with van der Waals surface area (Å²) in [6.07, 6.45) is 8.53. The van der Waals surface area contributed by atoms with Crippen molar-refractivity contribution in [2.75, 3.05) is 26.0 Å². The van der Waals surface area contributed by atoms with Gasteiger partial charge in [0, 0.05) is 18.1 Å². The Hall–Kier alpha value is -0.170. The minimum Gasteiger partial charge on any atom is -0.378 e. The molecule has 0 saturated heterocycles. The van der Waals surface area contributed by atoms with E-state index in [9.17, 15) is 8.42 Å². The van der Waals surface area contributed by atoms with Gasteiger partial charge >= 0.3 is 0 Å². The minimum atomic E-state index is -3.34. The molecule has 2 aliphatic rings. The largest absolute Gasteiger partial charge is 0.378 e. The van der Waals surface area contributed by atoms with Crippen LogP contribution < -0.4 is 5.14 Å². The van der Waals surface area contributed by atoms with Crippen LogP contribution in [0.2, 0.25) is 0 Å².